The number of hydrogen-bond donors (Lipinski definition) is 1. The van der Waals surface area contributed by atoms with Crippen LogP contribution in [0.15, 0.2) is 36.7 Å². The molecule has 1 aromatic carbocycles. The van der Waals surface area contributed by atoms with Crippen molar-refractivity contribution in [3.05, 3.63) is 52.1 Å². The van der Waals surface area contributed by atoms with Gasteiger partial charge in [0.15, 0.2) is 17.3 Å². The van der Waals surface area contributed by atoms with Gasteiger partial charge in [0, 0.05) is 37.0 Å². The first-order chi connectivity index (χ1) is 15.7. The molecule has 2 aromatic heterocycles. The van der Waals surface area contributed by atoms with Crippen LogP contribution in [0.5, 0.6) is 11.5 Å². The molecule has 0 radical (unpaired) electrons. The van der Waals surface area contributed by atoms with Crippen LogP contribution in [0.4, 0.5) is 10.1 Å². The van der Waals surface area contributed by atoms with Crippen molar-refractivity contribution in [1.82, 2.24) is 9.97 Å². The van der Waals surface area contributed by atoms with Crippen molar-refractivity contribution in [3.8, 4) is 22.2 Å². The quantitative estimate of drug-likeness (QED) is 0.542. The molecule has 3 aromatic rings. The lowest BCUT2D eigenvalue weighted by molar-refractivity contribution is -0.150. The zero-order valence-electron chi connectivity index (χ0n) is 18.0. The maximum Gasteiger partial charge on any atom is 0.269 e. The van der Waals surface area contributed by atoms with Gasteiger partial charge in [0.2, 0.25) is 0 Å². The molecule has 1 aliphatic carbocycles. The van der Waals surface area contributed by atoms with Gasteiger partial charge in [-0.15, -0.1) is 11.3 Å². The predicted molar refractivity (Wildman–Crippen MR) is 123 cm³/mol. The molecule has 0 spiro atoms. The van der Waals surface area contributed by atoms with E-state index in [1.54, 1.807) is 23.1 Å². The fourth-order valence-corrected chi connectivity index (χ4v) is 5.60. The lowest BCUT2D eigenvalue weighted by Gasteiger charge is -2.45. The van der Waals surface area contributed by atoms with E-state index in [1.165, 1.54) is 37.8 Å². The molecular formula is C23H21ClFN3O4S. The number of halogens is 2. The first-order valence-electron chi connectivity index (χ1n) is 10.3. The summed E-state index contributed by atoms with van der Waals surface area (Å²) in [5.74, 6) is 1.27. The monoisotopic (exact) mass is 489 g/mol. The summed E-state index contributed by atoms with van der Waals surface area (Å²) in [6, 6.07) is 7.10. The molecule has 172 valence electrons. The number of anilines is 1. The summed E-state index contributed by atoms with van der Waals surface area (Å²) in [6.45, 7) is 1.85. The number of methoxy groups -OCH3 is 1. The van der Waals surface area contributed by atoms with E-state index < -0.39 is 11.3 Å². The van der Waals surface area contributed by atoms with Gasteiger partial charge in [0.05, 0.1) is 28.4 Å². The Bertz CT molecular complexity index is 1220. The highest BCUT2D eigenvalue weighted by Gasteiger charge is 2.52. The largest absolute Gasteiger partial charge is 0.493 e. The predicted octanol–water partition coefficient (Wildman–Crippen LogP) is 4.66. The molecule has 2 aliphatic rings. The average Bonchev–Trinajstić information content (AvgIpc) is 3.31. The number of benzene rings is 1. The van der Waals surface area contributed by atoms with E-state index >= 15 is 0 Å². The van der Waals surface area contributed by atoms with Crippen molar-refractivity contribution in [1.29, 1.82) is 0 Å². The smallest absolute Gasteiger partial charge is 0.269 e. The van der Waals surface area contributed by atoms with Crippen molar-refractivity contribution in [3.63, 3.8) is 0 Å². The number of carbonyl (C=O) groups is 1. The lowest BCUT2D eigenvalue weighted by Crippen LogP contribution is -2.55. The third-order valence-corrected chi connectivity index (χ3v) is 7.12. The Morgan fingerprint density at radius 2 is 1.97 bits per heavy atom. The van der Waals surface area contributed by atoms with Crippen LogP contribution in [0, 0.1) is 0 Å². The van der Waals surface area contributed by atoms with Gasteiger partial charge in [-0.1, -0.05) is 11.6 Å². The van der Waals surface area contributed by atoms with Gasteiger partial charge in [-0.3, -0.25) is 4.79 Å². The Hall–Kier alpha value is -2.75. The lowest BCUT2D eigenvalue weighted by atomic mass is 9.70. The van der Waals surface area contributed by atoms with E-state index in [0.717, 1.165) is 10.4 Å². The molecule has 1 saturated carbocycles. The van der Waals surface area contributed by atoms with Crippen molar-refractivity contribution < 1.29 is 23.8 Å². The molecule has 1 aliphatic heterocycles. The van der Waals surface area contributed by atoms with E-state index in [2.05, 4.69) is 9.97 Å². The van der Waals surface area contributed by atoms with Crippen molar-refractivity contribution in [2.24, 2.45) is 0 Å². The summed E-state index contributed by atoms with van der Waals surface area (Å²) in [5, 5.41) is 10.8. The van der Waals surface area contributed by atoms with Gasteiger partial charge in [-0.25, -0.2) is 14.4 Å². The molecule has 1 amide bonds. The van der Waals surface area contributed by atoms with E-state index in [1.807, 2.05) is 6.07 Å². The van der Waals surface area contributed by atoms with Gasteiger partial charge in [0.25, 0.3) is 5.91 Å². The molecule has 0 unspecified atom stereocenters. The van der Waals surface area contributed by atoms with Crippen LogP contribution in [0.25, 0.3) is 10.7 Å². The second-order valence-corrected chi connectivity index (χ2v) is 10.2. The molecule has 0 bridgehead atoms. The second-order valence-electron chi connectivity index (χ2n) is 8.70. The van der Waals surface area contributed by atoms with E-state index in [-0.39, 0.29) is 25.4 Å². The SMILES string of the molecule is COc1cc(N2Cc3cc(-c4ncc(Cl)cn4)sc3C2=O)ccc1OCC1(O)CC(C)(F)C1. The molecule has 33 heavy (non-hydrogen) atoms. The molecular weight excluding hydrogens is 469 g/mol. The summed E-state index contributed by atoms with van der Waals surface area (Å²) in [5.41, 5.74) is -0.977. The average molecular weight is 490 g/mol. The molecule has 5 rings (SSSR count). The third-order valence-electron chi connectivity index (χ3n) is 5.77. The maximum absolute atomic E-state index is 13.8. The van der Waals surface area contributed by atoms with Gasteiger partial charge >= 0.3 is 0 Å². The topological polar surface area (TPSA) is 84.8 Å². The number of aliphatic hydroxyl groups is 1. The molecule has 1 fully saturated rings. The number of hydrogen-bond acceptors (Lipinski definition) is 7. The highest BCUT2D eigenvalue weighted by atomic mass is 35.5. The molecule has 10 heteroatoms. The number of carbonyl (C=O) groups excluding carboxylic acids is 1. The normalized spacial score (nSPS) is 23.9. The molecule has 7 nitrogen and oxygen atoms in total. The number of thiophene rings is 1. The molecule has 0 saturated heterocycles. The Morgan fingerprint density at radius 1 is 1.24 bits per heavy atom. The van der Waals surface area contributed by atoms with Gasteiger partial charge in [0.1, 0.15) is 17.9 Å². The van der Waals surface area contributed by atoms with Crippen LogP contribution in [0.3, 0.4) is 0 Å². The molecule has 0 atom stereocenters. The minimum absolute atomic E-state index is 0.0301. The van der Waals surface area contributed by atoms with Crippen molar-refractivity contribution >= 4 is 34.5 Å². The maximum atomic E-state index is 13.8. The first-order valence-corrected chi connectivity index (χ1v) is 11.5. The summed E-state index contributed by atoms with van der Waals surface area (Å²) in [6.07, 6.45) is 3.12. The van der Waals surface area contributed by atoms with Crippen LogP contribution in [-0.4, -0.2) is 46.0 Å². The summed E-state index contributed by atoms with van der Waals surface area (Å²) in [7, 11) is 1.50. The van der Waals surface area contributed by atoms with Crippen LogP contribution in [0.1, 0.15) is 35.0 Å². The van der Waals surface area contributed by atoms with Crippen LogP contribution < -0.4 is 14.4 Å². The molecule has 1 N–H and O–H groups in total. The Kier molecular flexibility index (Phi) is 5.30. The Balaban J connectivity index is 1.31. The van der Waals surface area contributed by atoms with Crippen LogP contribution >= 0.6 is 22.9 Å². The number of nitrogens with zero attached hydrogens (tertiary/aromatic N) is 3. The number of aromatic nitrogens is 2. The summed E-state index contributed by atoms with van der Waals surface area (Å²) < 4.78 is 24.9. The second kappa shape index (κ2) is 7.93. The number of ether oxygens (including phenoxy) is 2. The van der Waals surface area contributed by atoms with Gasteiger partial charge < -0.3 is 19.5 Å². The van der Waals surface area contributed by atoms with Gasteiger partial charge in [-0.05, 0) is 30.7 Å². The fraction of sp³-hybridized carbons (Fsp3) is 0.348. The minimum atomic E-state index is -1.36. The van der Waals surface area contributed by atoms with E-state index in [4.69, 9.17) is 21.1 Å². The van der Waals surface area contributed by atoms with Crippen molar-refractivity contribution in [2.45, 2.75) is 37.6 Å². The number of rotatable bonds is 6. The van der Waals surface area contributed by atoms with E-state index in [9.17, 15) is 14.3 Å². The highest BCUT2D eigenvalue weighted by Crippen LogP contribution is 2.45. The van der Waals surface area contributed by atoms with E-state index in [0.29, 0.717) is 39.5 Å². The zero-order chi connectivity index (χ0) is 23.4. The van der Waals surface area contributed by atoms with Crippen LogP contribution in [0.2, 0.25) is 5.02 Å². The fourth-order valence-electron chi connectivity index (χ4n) is 4.43. The zero-order valence-corrected chi connectivity index (χ0v) is 19.5. The third kappa shape index (κ3) is 4.16. The van der Waals surface area contributed by atoms with Crippen molar-refractivity contribution in [2.75, 3.05) is 18.6 Å². The Labute approximate surface area is 198 Å². The molecule has 3 heterocycles. The summed E-state index contributed by atoms with van der Waals surface area (Å²) >= 11 is 7.20. The number of alkyl halides is 1. The standard InChI is InChI=1S/C23H21ClFN3O4S/c1-22(25)10-23(30,11-22)12-32-16-4-3-15(6-17(16)31-2)28-9-13-5-18(33-19(13)21(28)29)20-26-7-14(24)8-27-20/h3-8,30H,9-12H2,1-2H3. The highest BCUT2D eigenvalue weighted by molar-refractivity contribution is 7.17. The number of amides is 1. The first kappa shape index (κ1) is 22.1. The van der Waals surface area contributed by atoms with Crippen LogP contribution in [-0.2, 0) is 6.54 Å². The minimum Gasteiger partial charge on any atom is -0.493 e. The number of fused-ring (bicyclic) bond motifs is 1. The van der Waals surface area contributed by atoms with Gasteiger partial charge in [-0.2, -0.15) is 0 Å². The summed E-state index contributed by atoms with van der Waals surface area (Å²) in [4.78, 5) is 24.6. The Morgan fingerprint density at radius 3 is 2.61 bits per heavy atom.